The number of piperidine rings is 1. The summed E-state index contributed by atoms with van der Waals surface area (Å²) in [5.41, 5.74) is 10.4. The molecule has 0 spiro atoms. The molecule has 0 bridgehead atoms. The minimum Gasteiger partial charge on any atom is -0.474 e. The van der Waals surface area contributed by atoms with Crippen LogP contribution >= 0.6 is 0 Å². The number of urea groups is 2. The molecule has 1 unspecified atom stereocenters. The second-order valence-electron chi connectivity index (χ2n) is 19.1. The highest BCUT2D eigenvalue weighted by atomic mass is 32.2. The number of fused-ring (bicyclic) bond motifs is 2. The summed E-state index contributed by atoms with van der Waals surface area (Å²) in [5.74, 6) is 1.02. The molecule has 3 aromatic carbocycles. The topological polar surface area (TPSA) is 207 Å². The van der Waals surface area contributed by atoms with Gasteiger partial charge in [-0.1, -0.05) is 30.3 Å². The van der Waals surface area contributed by atoms with Crippen molar-refractivity contribution in [3.63, 3.8) is 0 Å². The van der Waals surface area contributed by atoms with Crippen LogP contribution in [0, 0.1) is 13.8 Å². The fraction of sp³-hybridized carbons (Fsp3) is 0.423. The Morgan fingerprint density at radius 3 is 1.87 bits per heavy atom. The summed E-state index contributed by atoms with van der Waals surface area (Å²) in [6.07, 6.45) is 13.3. The number of benzene rings is 3. The van der Waals surface area contributed by atoms with Crippen LogP contribution in [0.2, 0.25) is 0 Å². The molecule has 0 radical (unpaired) electrons. The van der Waals surface area contributed by atoms with Gasteiger partial charge < -0.3 is 29.7 Å². The van der Waals surface area contributed by atoms with Gasteiger partial charge in [-0.3, -0.25) is 0 Å². The van der Waals surface area contributed by atoms with E-state index >= 15 is 0 Å². The maximum atomic E-state index is 13.7. The minimum absolute atomic E-state index is 0.0139. The number of nitrogens with zero attached hydrogens (tertiary/aromatic N) is 3. The van der Waals surface area contributed by atoms with Gasteiger partial charge >= 0.3 is 12.1 Å². The summed E-state index contributed by atoms with van der Waals surface area (Å²) in [4.78, 5) is 37.9. The lowest BCUT2D eigenvalue weighted by atomic mass is 9.91. The first-order valence-electron chi connectivity index (χ1n) is 24.1. The van der Waals surface area contributed by atoms with Gasteiger partial charge in [0.05, 0.1) is 35.2 Å². The standard InChI is InChI=1S/C52H61N7O9S2/c1-32-27-34-9-8-12-42(34)49(55-51(60)57-69(4,62)63)47(32)35-19-23-53-45(29-35)67-39-16-14-38(15-17-39)66-31-37-13-18-43-44(37)28-33(2)48(36-20-24-54-46(30-36)68-40-21-25-59(3)26-22-40)50(43)56-52(61)58-70(64,65)41-10-6-5-7-11-41/h5-7,10-11,19-20,23-24,27-30,37-40H,8-9,12-18,21-22,25-26,31H2,1-4H3,(H2,55,57,60)(H2,56,58,61). The average molecular weight is 992 g/mol. The van der Waals surface area contributed by atoms with Crippen LogP contribution in [0.25, 0.3) is 22.3 Å². The molecule has 70 heavy (non-hydrogen) atoms. The number of carbonyl (C=O) groups is 2. The Morgan fingerprint density at radius 1 is 0.671 bits per heavy atom. The summed E-state index contributed by atoms with van der Waals surface area (Å²) >= 11 is 0. The molecule has 16 nitrogen and oxygen atoms in total. The fourth-order valence-electron chi connectivity index (χ4n) is 10.6. The summed E-state index contributed by atoms with van der Waals surface area (Å²) in [5, 5.41) is 5.83. The maximum Gasteiger partial charge on any atom is 0.333 e. The highest BCUT2D eigenvalue weighted by Gasteiger charge is 2.32. The van der Waals surface area contributed by atoms with Gasteiger partial charge in [-0.25, -0.2) is 45.8 Å². The Kier molecular flexibility index (Phi) is 14.5. The molecule has 2 aromatic heterocycles. The molecule has 4 aliphatic rings. The SMILES string of the molecule is Cc1cc2c(c(NC(=O)NS(C)(=O)=O)c1-c1ccnc(OC3CCC(OCC4CCc5c4cc(C)c(-c4ccnc(OC6CCN(C)CC6)c4)c5NC(=O)NS(=O)(=O)c4ccccc4)CC3)c1)CCC2. The molecular weight excluding hydrogens is 931 g/mol. The van der Waals surface area contributed by atoms with Gasteiger partial charge in [0.15, 0.2) is 0 Å². The number of anilines is 2. The van der Waals surface area contributed by atoms with E-state index in [9.17, 15) is 26.4 Å². The van der Waals surface area contributed by atoms with E-state index in [-0.39, 0.29) is 29.1 Å². The monoisotopic (exact) mass is 991 g/mol. The molecule has 18 heteroatoms. The molecule has 5 aromatic rings. The van der Waals surface area contributed by atoms with Crippen molar-refractivity contribution in [3.05, 3.63) is 113 Å². The molecular formula is C52H61N7O9S2. The summed E-state index contributed by atoms with van der Waals surface area (Å²) in [7, 11) is -5.81. The van der Waals surface area contributed by atoms with Crippen molar-refractivity contribution in [2.24, 2.45) is 0 Å². The third kappa shape index (κ3) is 11.4. The molecule has 2 fully saturated rings. The second-order valence-corrected chi connectivity index (χ2v) is 22.5. The lowest BCUT2D eigenvalue weighted by Crippen LogP contribution is -2.35. The molecule has 370 valence electrons. The lowest BCUT2D eigenvalue weighted by molar-refractivity contribution is -0.00417. The van der Waals surface area contributed by atoms with Crippen molar-refractivity contribution in [1.29, 1.82) is 0 Å². The van der Waals surface area contributed by atoms with Crippen molar-refractivity contribution >= 4 is 43.5 Å². The highest BCUT2D eigenvalue weighted by Crippen LogP contribution is 2.46. The predicted molar refractivity (Wildman–Crippen MR) is 268 cm³/mol. The fourth-order valence-corrected chi connectivity index (χ4v) is 11.9. The Hall–Kier alpha value is -6.08. The Morgan fingerprint density at radius 2 is 1.24 bits per heavy atom. The first-order chi connectivity index (χ1) is 33.6. The number of carbonyl (C=O) groups excluding carboxylic acids is 2. The molecule has 3 aliphatic carbocycles. The third-order valence-corrected chi connectivity index (χ3v) is 15.8. The lowest BCUT2D eigenvalue weighted by Gasteiger charge is -2.30. The van der Waals surface area contributed by atoms with E-state index in [2.05, 4.69) is 49.4 Å². The van der Waals surface area contributed by atoms with Crippen molar-refractivity contribution < 1.29 is 40.6 Å². The van der Waals surface area contributed by atoms with Crippen molar-refractivity contribution in [2.45, 2.75) is 114 Å². The van der Waals surface area contributed by atoms with Crippen LogP contribution in [0.5, 0.6) is 11.8 Å². The Bertz CT molecular complexity index is 2990. The maximum absolute atomic E-state index is 13.7. The Balaban J connectivity index is 0.879. The number of amides is 4. The van der Waals surface area contributed by atoms with Crippen LogP contribution in [0.3, 0.4) is 0 Å². The van der Waals surface area contributed by atoms with Gasteiger partial charge in [-0.15, -0.1) is 0 Å². The van der Waals surface area contributed by atoms with Gasteiger partial charge in [0.1, 0.15) is 12.2 Å². The van der Waals surface area contributed by atoms with Gasteiger partial charge in [0, 0.05) is 54.7 Å². The van der Waals surface area contributed by atoms with Gasteiger partial charge in [0.2, 0.25) is 21.8 Å². The van der Waals surface area contributed by atoms with Crippen molar-refractivity contribution in [1.82, 2.24) is 24.3 Å². The van der Waals surface area contributed by atoms with Gasteiger partial charge in [-0.05, 0) is 160 Å². The zero-order valence-corrected chi connectivity index (χ0v) is 41.7. The molecule has 1 aliphatic heterocycles. The number of sulfonamides is 2. The Labute approximate surface area is 410 Å². The zero-order valence-electron chi connectivity index (χ0n) is 40.0. The highest BCUT2D eigenvalue weighted by molar-refractivity contribution is 7.90. The average Bonchev–Trinajstić information content (AvgIpc) is 3.96. The number of ether oxygens (including phenoxy) is 3. The predicted octanol–water partition coefficient (Wildman–Crippen LogP) is 8.42. The van der Waals surface area contributed by atoms with E-state index in [1.165, 1.54) is 12.1 Å². The quantitative estimate of drug-likeness (QED) is 0.0827. The first kappa shape index (κ1) is 48.9. The van der Waals surface area contributed by atoms with Crippen LogP contribution in [0.15, 0.2) is 84.0 Å². The number of pyridine rings is 2. The molecule has 4 N–H and O–H groups in total. The van der Waals surface area contributed by atoms with E-state index in [1.54, 1.807) is 30.6 Å². The molecule has 1 saturated heterocycles. The van der Waals surface area contributed by atoms with Crippen LogP contribution in [0.4, 0.5) is 21.0 Å². The third-order valence-electron chi connectivity index (χ3n) is 13.9. The van der Waals surface area contributed by atoms with E-state index < -0.39 is 32.1 Å². The number of aryl methyl sites for hydroxylation is 3. The molecule has 1 atom stereocenters. The summed E-state index contributed by atoms with van der Waals surface area (Å²) in [6.45, 7) is 6.36. The number of likely N-dealkylation sites (tertiary alicyclic amines) is 1. The van der Waals surface area contributed by atoms with Crippen molar-refractivity contribution in [3.8, 4) is 34.0 Å². The smallest absolute Gasteiger partial charge is 0.333 e. The summed E-state index contributed by atoms with van der Waals surface area (Å²) in [6, 6.07) is 18.0. The normalized spacial score (nSPS) is 19.5. The van der Waals surface area contributed by atoms with E-state index in [0.29, 0.717) is 36.2 Å². The number of rotatable bonds is 14. The molecule has 4 amide bonds. The van der Waals surface area contributed by atoms with E-state index in [0.717, 1.165) is 139 Å². The van der Waals surface area contributed by atoms with E-state index in [1.807, 2.05) is 42.8 Å². The molecule has 1 saturated carbocycles. The number of hydrogen-bond acceptors (Lipinski definition) is 12. The largest absolute Gasteiger partial charge is 0.474 e. The van der Waals surface area contributed by atoms with E-state index in [4.69, 9.17) is 14.2 Å². The van der Waals surface area contributed by atoms with Gasteiger partial charge in [0.25, 0.3) is 10.0 Å². The summed E-state index contributed by atoms with van der Waals surface area (Å²) < 4.78 is 74.0. The number of aromatic nitrogens is 2. The molecule has 9 rings (SSSR count). The number of nitrogens with one attached hydrogen (secondary N) is 4. The van der Waals surface area contributed by atoms with Crippen LogP contribution in [0.1, 0.15) is 90.7 Å². The van der Waals surface area contributed by atoms with Crippen LogP contribution in [-0.2, 0) is 44.0 Å². The second kappa shape index (κ2) is 20.7. The van der Waals surface area contributed by atoms with Crippen molar-refractivity contribution in [2.75, 3.05) is 43.6 Å². The zero-order chi connectivity index (χ0) is 49.2. The first-order valence-corrected chi connectivity index (χ1v) is 27.5. The van der Waals surface area contributed by atoms with Crippen LogP contribution in [-0.4, -0.2) is 95.1 Å². The van der Waals surface area contributed by atoms with Gasteiger partial charge in [-0.2, -0.15) is 0 Å². The van der Waals surface area contributed by atoms with Crippen LogP contribution < -0.4 is 29.6 Å². The molecule has 3 heterocycles. The minimum atomic E-state index is -4.15. The number of hydrogen-bond donors (Lipinski definition) is 4.